The largest absolute Gasteiger partial charge is 0.480 e. The highest BCUT2D eigenvalue weighted by atomic mass is 16.4. The number of amides is 2. The third-order valence-corrected chi connectivity index (χ3v) is 4.12. The number of carboxylic acids is 1. The van der Waals surface area contributed by atoms with Gasteiger partial charge < -0.3 is 20.6 Å². The molecular formula is C15H29N3O3. The molecule has 1 rings (SSSR count). The molecule has 6 nitrogen and oxygen atoms in total. The van der Waals surface area contributed by atoms with Crippen LogP contribution in [0.15, 0.2) is 0 Å². The van der Waals surface area contributed by atoms with Gasteiger partial charge >= 0.3 is 12.0 Å². The Bertz CT molecular complexity index is 343. The quantitative estimate of drug-likeness (QED) is 0.668. The highest BCUT2D eigenvalue weighted by Gasteiger charge is 2.25. The number of likely N-dealkylation sites (tertiary alicyclic amines) is 1. The summed E-state index contributed by atoms with van der Waals surface area (Å²) < 4.78 is 0. The lowest BCUT2D eigenvalue weighted by atomic mass is 9.99. The van der Waals surface area contributed by atoms with E-state index in [9.17, 15) is 9.59 Å². The van der Waals surface area contributed by atoms with E-state index in [1.54, 1.807) is 0 Å². The van der Waals surface area contributed by atoms with Gasteiger partial charge in [0.2, 0.25) is 0 Å². The number of urea groups is 1. The number of nitrogens with zero attached hydrogens (tertiary/aromatic N) is 1. The van der Waals surface area contributed by atoms with Gasteiger partial charge in [-0.3, -0.25) is 0 Å². The summed E-state index contributed by atoms with van der Waals surface area (Å²) in [4.78, 5) is 25.5. The summed E-state index contributed by atoms with van der Waals surface area (Å²) in [6.45, 7) is 8.67. The van der Waals surface area contributed by atoms with Crippen LogP contribution >= 0.6 is 0 Å². The number of aliphatic carboxylic acids is 1. The van der Waals surface area contributed by atoms with Crippen molar-refractivity contribution >= 4 is 12.0 Å². The number of nitrogens with one attached hydrogen (secondary N) is 2. The summed E-state index contributed by atoms with van der Waals surface area (Å²) in [5, 5.41) is 14.6. The van der Waals surface area contributed by atoms with Crippen LogP contribution in [0, 0.1) is 5.92 Å². The van der Waals surface area contributed by atoms with Crippen molar-refractivity contribution in [3.8, 4) is 0 Å². The van der Waals surface area contributed by atoms with Gasteiger partial charge in [-0.25, -0.2) is 9.59 Å². The van der Waals surface area contributed by atoms with Crippen molar-refractivity contribution in [1.29, 1.82) is 0 Å². The molecule has 3 atom stereocenters. The van der Waals surface area contributed by atoms with Crippen molar-refractivity contribution in [1.82, 2.24) is 15.5 Å². The predicted octanol–water partition coefficient (Wildman–Crippen LogP) is 1.66. The molecule has 3 N–H and O–H groups in total. The number of carboxylic acid groups (broad SMARTS) is 1. The van der Waals surface area contributed by atoms with E-state index in [1.165, 1.54) is 19.3 Å². The minimum atomic E-state index is -0.983. The minimum absolute atomic E-state index is 0.00878. The van der Waals surface area contributed by atoms with Crippen LogP contribution in [0.3, 0.4) is 0 Å². The normalized spacial score (nSPS) is 20.3. The molecule has 0 spiro atoms. The predicted molar refractivity (Wildman–Crippen MR) is 82.3 cm³/mol. The van der Waals surface area contributed by atoms with Crippen LogP contribution < -0.4 is 10.6 Å². The molecule has 1 aliphatic rings. The first-order valence-corrected chi connectivity index (χ1v) is 7.96. The number of hydrogen-bond donors (Lipinski definition) is 3. The molecule has 2 amide bonds. The molecule has 2 unspecified atom stereocenters. The topological polar surface area (TPSA) is 81.7 Å². The van der Waals surface area contributed by atoms with Crippen molar-refractivity contribution in [3.63, 3.8) is 0 Å². The van der Waals surface area contributed by atoms with Gasteiger partial charge in [0.05, 0.1) is 0 Å². The molecule has 0 radical (unpaired) electrons. The van der Waals surface area contributed by atoms with Crippen molar-refractivity contribution in [3.05, 3.63) is 0 Å². The van der Waals surface area contributed by atoms with Crippen LogP contribution in [0.5, 0.6) is 0 Å². The standard InChI is InChI=1S/C15H29N3O3/c1-4-11(2)13(14(19)20)17-15(21)16-12(3)10-18-8-6-5-7-9-18/h11-13H,4-10H2,1-3H3,(H,19,20)(H2,16,17,21)/t11?,12?,13-/m0/s1. The molecule has 122 valence electrons. The van der Waals surface area contributed by atoms with E-state index in [4.69, 9.17) is 5.11 Å². The molecular weight excluding hydrogens is 270 g/mol. The van der Waals surface area contributed by atoms with Gasteiger partial charge in [-0.1, -0.05) is 26.7 Å². The maximum absolute atomic E-state index is 11.9. The number of rotatable bonds is 7. The van der Waals surface area contributed by atoms with Crippen molar-refractivity contribution in [2.75, 3.05) is 19.6 Å². The summed E-state index contributed by atoms with van der Waals surface area (Å²) in [7, 11) is 0. The van der Waals surface area contributed by atoms with E-state index in [2.05, 4.69) is 15.5 Å². The van der Waals surface area contributed by atoms with Gasteiger partial charge in [-0.15, -0.1) is 0 Å². The Kier molecular flexibility index (Phi) is 7.50. The molecule has 6 heteroatoms. The second kappa shape index (κ2) is 8.87. The summed E-state index contributed by atoms with van der Waals surface area (Å²) in [6, 6.07) is -1.22. The monoisotopic (exact) mass is 299 g/mol. The Morgan fingerprint density at radius 1 is 1.14 bits per heavy atom. The molecule has 1 saturated heterocycles. The lowest BCUT2D eigenvalue weighted by Crippen LogP contribution is -2.53. The second-order valence-electron chi connectivity index (χ2n) is 6.08. The zero-order valence-electron chi connectivity index (χ0n) is 13.4. The van der Waals surface area contributed by atoms with E-state index < -0.39 is 18.0 Å². The average molecular weight is 299 g/mol. The van der Waals surface area contributed by atoms with Gasteiger partial charge in [0.25, 0.3) is 0 Å². The van der Waals surface area contributed by atoms with Gasteiger partial charge in [-0.05, 0) is 38.8 Å². The maximum Gasteiger partial charge on any atom is 0.326 e. The minimum Gasteiger partial charge on any atom is -0.480 e. The molecule has 1 heterocycles. The van der Waals surface area contributed by atoms with E-state index in [0.717, 1.165) is 19.6 Å². The lowest BCUT2D eigenvalue weighted by molar-refractivity contribution is -0.140. The van der Waals surface area contributed by atoms with Crippen LogP contribution in [0.2, 0.25) is 0 Å². The molecule has 0 saturated carbocycles. The highest BCUT2D eigenvalue weighted by molar-refractivity contribution is 5.82. The fourth-order valence-electron chi connectivity index (χ4n) is 2.66. The number of piperidine rings is 1. The van der Waals surface area contributed by atoms with Crippen LogP contribution in [0.4, 0.5) is 4.79 Å². The zero-order chi connectivity index (χ0) is 15.8. The fraction of sp³-hybridized carbons (Fsp3) is 0.867. The van der Waals surface area contributed by atoms with Gasteiger partial charge in [0.1, 0.15) is 6.04 Å². The molecule has 1 aliphatic heterocycles. The summed E-state index contributed by atoms with van der Waals surface area (Å²) >= 11 is 0. The SMILES string of the molecule is CCC(C)[C@H](NC(=O)NC(C)CN1CCCCC1)C(=O)O. The van der Waals surface area contributed by atoms with Crippen LogP contribution in [0.1, 0.15) is 46.5 Å². The van der Waals surface area contributed by atoms with Crippen molar-refractivity contribution in [2.24, 2.45) is 5.92 Å². The Balaban J connectivity index is 2.38. The summed E-state index contributed by atoms with van der Waals surface area (Å²) in [5.74, 6) is -1.08. The Morgan fingerprint density at radius 2 is 1.76 bits per heavy atom. The number of carbonyl (C=O) groups excluding carboxylic acids is 1. The molecule has 0 bridgehead atoms. The number of hydrogen-bond acceptors (Lipinski definition) is 3. The van der Waals surface area contributed by atoms with Crippen LogP contribution in [-0.4, -0.2) is 53.7 Å². The van der Waals surface area contributed by atoms with E-state index in [0.29, 0.717) is 6.42 Å². The first-order chi connectivity index (χ1) is 9.93. The molecule has 21 heavy (non-hydrogen) atoms. The molecule has 0 aliphatic carbocycles. The Labute approximate surface area is 127 Å². The first kappa shape index (κ1) is 17.8. The third kappa shape index (κ3) is 6.33. The Hall–Kier alpha value is -1.30. The average Bonchev–Trinajstić information content (AvgIpc) is 2.44. The molecule has 0 aromatic heterocycles. The fourth-order valence-corrected chi connectivity index (χ4v) is 2.66. The van der Waals surface area contributed by atoms with Crippen molar-refractivity contribution in [2.45, 2.75) is 58.5 Å². The van der Waals surface area contributed by atoms with E-state index in [-0.39, 0.29) is 12.0 Å². The third-order valence-electron chi connectivity index (χ3n) is 4.12. The highest BCUT2D eigenvalue weighted by Crippen LogP contribution is 2.09. The number of carbonyl (C=O) groups is 2. The van der Waals surface area contributed by atoms with E-state index >= 15 is 0 Å². The van der Waals surface area contributed by atoms with Gasteiger partial charge in [-0.2, -0.15) is 0 Å². The van der Waals surface area contributed by atoms with Crippen LogP contribution in [0.25, 0.3) is 0 Å². The van der Waals surface area contributed by atoms with Crippen LogP contribution in [-0.2, 0) is 4.79 Å². The maximum atomic E-state index is 11.9. The van der Waals surface area contributed by atoms with E-state index in [1.807, 2.05) is 20.8 Å². The smallest absolute Gasteiger partial charge is 0.326 e. The molecule has 1 fully saturated rings. The molecule has 0 aromatic rings. The Morgan fingerprint density at radius 3 is 2.29 bits per heavy atom. The summed E-state index contributed by atoms with van der Waals surface area (Å²) in [6.07, 6.45) is 4.43. The van der Waals surface area contributed by atoms with Gasteiger partial charge in [0, 0.05) is 12.6 Å². The second-order valence-corrected chi connectivity index (χ2v) is 6.08. The zero-order valence-corrected chi connectivity index (χ0v) is 13.4. The summed E-state index contributed by atoms with van der Waals surface area (Å²) in [5.41, 5.74) is 0. The molecule has 0 aromatic carbocycles. The van der Waals surface area contributed by atoms with Crippen molar-refractivity contribution < 1.29 is 14.7 Å². The van der Waals surface area contributed by atoms with Gasteiger partial charge in [0.15, 0.2) is 0 Å². The first-order valence-electron chi connectivity index (χ1n) is 7.96. The lowest BCUT2D eigenvalue weighted by Gasteiger charge is -2.29.